The largest absolute Gasteiger partial charge is 0.330 e. The molecule has 6 aromatic carbocycles. The Balaban J connectivity index is 1.28. The first kappa shape index (κ1) is 33.1. The van der Waals surface area contributed by atoms with Crippen LogP contribution in [0.15, 0.2) is 114 Å². The standard InChI is InChI=1S/C47H50N2S/c1-46(2,3)34-25-33(26-35(28-34)47(4,5)6)38-17-12-15-32(29-48)45(38)49-42-19-9-10-20-43(42)50-44(49)27-31-14-11-18-39-37(31)23-24-40-36-16-8-7-13-30(36)21-22-41(39)40/h7-8,11-18,21-26,28,44H,9-10,19-20,27,29,48H2,1-6H3. The van der Waals surface area contributed by atoms with E-state index < -0.39 is 0 Å². The van der Waals surface area contributed by atoms with Crippen molar-refractivity contribution in [2.45, 2.75) is 96.4 Å². The van der Waals surface area contributed by atoms with E-state index >= 15 is 0 Å². The lowest BCUT2D eigenvalue weighted by atomic mass is 9.78. The fraction of sp³-hybridized carbons (Fsp3) is 0.319. The summed E-state index contributed by atoms with van der Waals surface area (Å²) in [5, 5.41) is 8.24. The lowest BCUT2D eigenvalue weighted by Gasteiger charge is -2.34. The molecule has 254 valence electrons. The van der Waals surface area contributed by atoms with Gasteiger partial charge in [0.25, 0.3) is 0 Å². The van der Waals surface area contributed by atoms with Crippen molar-refractivity contribution < 1.29 is 0 Å². The van der Waals surface area contributed by atoms with E-state index in [1.165, 1.54) is 96.3 Å². The van der Waals surface area contributed by atoms with Crippen LogP contribution in [0.3, 0.4) is 0 Å². The van der Waals surface area contributed by atoms with Crippen LogP contribution in [0.4, 0.5) is 5.69 Å². The highest BCUT2D eigenvalue weighted by Gasteiger charge is 2.37. The normalized spacial score (nSPS) is 16.9. The summed E-state index contributed by atoms with van der Waals surface area (Å²) in [4.78, 5) is 4.32. The van der Waals surface area contributed by atoms with Crippen LogP contribution in [0.1, 0.15) is 89.5 Å². The van der Waals surface area contributed by atoms with Crippen molar-refractivity contribution in [1.29, 1.82) is 0 Å². The van der Waals surface area contributed by atoms with Gasteiger partial charge in [-0.25, -0.2) is 0 Å². The van der Waals surface area contributed by atoms with E-state index in [9.17, 15) is 0 Å². The summed E-state index contributed by atoms with van der Waals surface area (Å²) in [7, 11) is 0. The Kier molecular flexibility index (Phi) is 8.36. The first-order valence-electron chi connectivity index (χ1n) is 18.5. The predicted molar refractivity (Wildman–Crippen MR) is 219 cm³/mol. The monoisotopic (exact) mass is 674 g/mol. The number of fused-ring (bicyclic) bond motifs is 5. The second kappa shape index (κ2) is 12.6. The van der Waals surface area contributed by atoms with E-state index in [-0.39, 0.29) is 16.2 Å². The molecule has 0 saturated carbocycles. The van der Waals surface area contributed by atoms with Crippen LogP contribution >= 0.6 is 11.8 Å². The topological polar surface area (TPSA) is 29.3 Å². The number of hydrogen-bond donors (Lipinski definition) is 1. The third-order valence-corrected chi connectivity index (χ3v) is 12.4. The molecule has 0 amide bonds. The minimum atomic E-state index is 0.0393. The molecule has 1 heterocycles. The Morgan fingerprint density at radius 3 is 2.02 bits per heavy atom. The molecular formula is C47H50N2S. The highest BCUT2D eigenvalue weighted by molar-refractivity contribution is 8.04. The van der Waals surface area contributed by atoms with Gasteiger partial charge in [0.05, 0.1) is 11.1 Å². The van der Waals surface area contributed by atoms with Gasteiger partial charge in [0.1, 0.15) is 0 Å². The summed E-state index contributed by atoms with van der Waals surface area (Å²) in [5.74, 6) is 0. The summed E-state index contributed by atoms with van der Waals surface area (Å²) in [6.45, 7) is 14.5. The average Bonchev–Trinajstić information content (AvgIpc) is 3.47. The Morgan fingerprint density at radius 1 is 0.640 bits per heavy atom. The number of nitrogens with zero attached hydrogens (tertiary/aromatic N) is 1. The zero-order valence-corrected chi connectivity index (χ0v) is 31.4. The predicted octanol–water partition coefficient (Wildman–Crippen LogP) is 12.8. The molecule has 0 radical (unpaired) electrons. The molecule has 0 aromatic heterocycles. The lowest BCUT2D eigenvalue weighted by Crippen LogP contribution is -2.32. The van der Waals surface area contributed by atoms with E-state index in [2.05, 4.69) is 161 Å². The molecule has 2 aliphatic rings. The van der Waals surface area contributed by atoms with Gasteiger partial charge in [-0.3, -0.25) is 0 Å². The highest BCUT2D eigenvalue weighted by Crippen LogP contribution is 2.52. The van der Waals surface area contributed by atoms with Gasteiger partial charge in [-0.15, -0.1) is 11.8 Å². The van der Waals surface area contributed by atoms with Gasteiger partial charge in [-0.2, -0.15) is 0 Å². The van der Waals surface area contributed by atoms with Gasteiger partial charge in [-0.1, -0.05) is 145 Å². The number of nitrogens with two attached hydrogens (primary N) is 1. The van der Waals surface area contributed by atoms with E-state index in [1.54, 1.807) is 4.91 Å². The third-order valence-electron chi connectivity index (χ3n) is 11.1. The fourth-order valence-electron chi connectivity index (χ4n) is 8.26. The Hall–Kier alpha value is -4.05. The molecule has 50 heavy (non-hydrogen) atoms. The Morgan fingerprint density at radius 2 is 1.26 bits per heavy atom. The third kappa shape index (κ3) is 5.83. The van der Waals surface area contributed by atoms with Crippen LogP contribution in [0, 0.1) is 0 Å². The van der Waals surface area contributed by atoms with Crippen LogP contribution < -0.4 is 10.6 Å². The Bertz CT molecular complexity index is 2270. The SMILES string of the molecule is CC(C)(C)c1cc(-c2cccc(CN)c2N2C3=C(CCCC3)SC2Cc2cccc3c2ccc2c4ccccc4ccc32)cc(C(C)(C)C)c1. The molecule has 1 aliphatic carbocycles. The summed E-state index contributed by atoms with van der Waals surface area (Å²) >= 11 is 2.11. The maximum Gasteiger partial charge on any atom is 0.0880 e. The molecule has 1 unspecified atom stereocenters. The van der Waals surface area contributed by atoms with Crippen molar-refractivity contribution in [3.05, 3.63) is 136 Å². The smallest absolute Gasteiger partial charge is 0.0880 e. The van der Waals surface area contributed by atoms with Gasteiger partial charge in [0, 0.05) is 29.1 Å². The van der Waals surface area contributed by atoms with Crippen molar-refractivity contribution in [2.75, 3.05) is 4.90 Å². The quantitative estimate of drug-likeness (QED) is 0.185. The van der Waals surface area contributed by atoms with Gasteiger partial charge >= 0.3 is 0 Å². The van der Waals surface area contributed by atoms with Crippen molar-refractivity contribution in [3.8, 4) is 11.1 Å². The zero-order valence-electron chi connectivity index (χ0n) is 30.6. The van der Waals surface area contributed by atoms with Gasteiger partial charge in [0.2, 0.25) is 0 Å². The molecule has 1 atom stereocenters. The van der Waals surface area contributed by atoms with Gasteiger partial charge in [-0.05, 0) is 96.6 Å². The molecule has 0 fully saturated rings. The van der Waals surface area contributed by atoms with Crippen molar-refractivity contribution in [3.63, 3.8) is 0 Å². The Labute approximate surface area is 302 Å². The molecule has 0 spiro atoms. The maximum atomic E-state index is 6.65. The fourth-order valence-corrected chi connectivity index (χ4v) is 9.78. The summed E-state index contributed by atoms with van der Waals surface area (Å²) in [5.41, 5.74) is 17.5. The number of anilines is 1. The molecule has 0 saturated heterocycles. The number of benzene rings is 6. The van der Waals surface area contributed by atoms with Gasteiger partial charge < -0.3 is 10.6 Å². The maximum absolute atomic E-state index is 6.65. The first-order valence-corrected chi connectivity index (χ1v) is 19.4. The molecule has 6 aromatic rings. The van der Waals surface area contributed by atoms with Crippen LogP contribution in [-0.4, -0.2) is 5.37 Å². The van der Waals surface area contributed by atoms with Crippen LogP contribution in [0.25, 0.3) is 43.4 Å². The molecule has 2 nitrogen and oxygen atoms in total. The van der Waals surface area contributed by atoms with Crippen LogP contribution in [0.2, 0.25) is 0 Å². The molecule has 1 aliphatic heterocycles. The number of hydrogen-bond acceptors (Lipinski definition) is 3. The van der Waals surface area contributed by atoms with Crippen molar-refractivity contribution in [1.82, 2.24) is 0 Å². The minimum absolute atomic E-state index is 0.0393. The molecule has 0 bridgehead atoms. The molecule has 3 heteroatoms. The average molecular weight is 675 g/mol. The van der Waals surface area contributed by atoms with E-state index in [0.29, 0.717) is 6.54 Å². The minimum Gasteiger partial charge on any atom is -0.330 e. The second-order valence-electron chi connectivity index (χ2n) is 16.5. The second-order valence-corrected chi connectivity index (χ2v) is 17.8. The summed E-state index contributed by atoms with van der Waals surface area (Å²) < 4.78 is 0. The first-order chi connectivity index (χ1) is 24.0. The summed E-state index contributed by atoms with van der Waals surface area (Å²) in [6.07, 6.45) is 5.77. The molecule has 2 N–H and O–H groups in total. The van der Waals surface area contributed by atoms with E-state index in [0.717, 1.165) is 12.8 Å². The number of para-hydroxylation sites is 1. The zero-order chi connectivity index (χ0) is 34.8. The van der Waals surface area contributed by atoms with E-state index in [1.807, 2.05) is 0 Å². The van der Waals surface area contributed by atoms with E-state index in [4.69, 9.17) is 5.73 Å². The van der Waals surface area contributed by atoms with Gasteiger partial charge in [0.15, 0.2) is 0 Å². The highest BCUT2D eigenvalue weighted by atomic mass is 32.2. The number of thioether (sulfide) groups is 1. The lowest BCUT2D eigenvalue weighted by molar-refractivity contribution is 0.569. The number of rotatable bonds is 5. The van der Waals surface area contributed by atoms with Crippen LogP contribution in [-0.2, 0) is 23.8 Å². The number of allylic oxidation sites excluding steroid dienone is 2. The summed E-state index contributed by atoms with van der Waals surface area (Å²) in [6, 6.07) is 39.2. The molecular weight excluding hydrogens is 625 g/mol. The van der Waals surface area contributed by atoms with Crippen molar-refractivity contribution >= 4 is 49.8 Å². The molecule has 8 rings (SSSR count). The van der Waals surface area contributed by atoms with Crippen LogP contribution in [0.5, 0.6) is 0 Å². The van der Waals surface area contributed by atoms with Crippen molar-refractivity contribution in [2.24, 2.45) is 5.73 Å².